The van der Waals surface area contributed by atoms with E-state index in [1.807, 2.05) is 0 Å². The van der Waals surface area contributed by atoms with Crippen LogP contribution < -0.4 is 10.6 Å². The molecule has 0 aliphatic carbocycles. The molecule has 2 amide bonds. The van der Waals surface area contributed by atoms with Gasteiger partial charge in [0.15, 0.2) is 0 Å². The van der Waals surface area contributed by atoms with Gasteiger partial charge in [-0.2, -0.15) is 0 Å². The molecule has 0 saturated heterocycles. The van der Waals surface area contributed by atoms with Crippen LogP contribution in [-0.4, -0.2) is 19.1 Å². The van der Waals surface area contributed by atoms with E-state index >= 15 is 0 Å². The van der Waals surface area contributed by atoms with Gasteiger partial charge >= 0.3 is 6.03 Å². The van der Waals surface area contributed by atoms with Crippen LogP contribution in [0.2, 0.25) is 0 Å². The highest BCUT2D eigenvalue weighted by molar-refractivity contribution is 5.73. The van der Waals surface area contributed by atoms with Gasteiger partial charge < -0.3 is 10.6 Å². The predicted octanol–water partition coefficient (Wildman–Crippen LogP) is 3.71. The smallest absolute Gasteiger partial charge is 0.315 e. The normalized spacial score (nSPS) is 13.2. The summed E-state index contributed by atoms with van der Waals surface area (Å²) in [5, 5.41) is 4.79. The minimum absolute atomic E-state index is 0.155. The van der Waals surface area contributed by atoms with Crippen LogP contribution in [0.4, 0.5) is 13.6 Å². The summed E-state index contributed by atoms with van der Waals surface area (Å²) < 4.78 is 27.7. The van der Waals surface area contributed by atoms with Crippen molar-refractivity contribution in [2.45, 2.75) is 12.3 Å². The Morgan fingerprint density at radius 1 is 0.773 bits per heavy atom. The van der Waals surface area contributed by atoms with Gasteiger partial charge in [-0.15, -0.1) is 0 Å². The van der Waals surface area contributed by atoms with Crippen LogP contribution >= 0.6 is 0 Å². The van der Waals surface area contributed by atoms with Gasteiger partial charge in [0, 0.05) is 0 Å². The quantitative estimate of drug-likeness (QED) is 0.839. The highest BCUT2D eigenvalue weighted by atomic mass is 19.1. The van der Waals surface area contributed by atoms with E-state index in [9.17, 15) is 13.6 Å². The highest BCUT2D eigenvalue weighted by Gasteiger charge is 2.13. The number of benzene rings is 2. The summed E-state index contributed by atoms with van der Waals surface area (Å²) in [7, 11) is 0. The lowest BCUT2D eigenvalue weighted by Crippen LogP contribution is -2.38. The maximum Gasteiger partial charge on any atom is 0.315 e. The van der Waals surface area contributed by atoms with Crippen molar-refractivity contribution in [3.63, 3.8) is 0 Å². The van der Waals surface area contributed by atoms with E-state index in [4.69, 9.17) is 0 Å². The van der Waals surface area contributed by atoms with E-state index in [0.717, 1.165) is 0 Å². The van der Waals surface area contributed by atoms with E-state index in [-0.39, 0.29) is 13.1 Å². The molecule has 5 heteroatoms. The predicted molar refractivity (Wildman–Crippen MR) is 82.0 cm³/mol. The van der Waals surface area contributed by atoms with Crippen molar-refractivity contribution in [3.8, 4) is 0 Å². The highest BCUT2D eigenvalue weighted by Crippen LogP contribution is 2.16. The molecule has 0 aliphatic heterocycles. The fourth-order valence-electron chi connectivity index (χ4n) is 1.99. The number of rotatable bonds is 6. The SMILES string of the molecule is O=C(NCC(F)c1ccccc1)NCC(F)c1ccccc1. The third kappa shape index (κ3) is 4.84. The molecule has 2 aromatic carbocycles. The van der Waals surface area contributed by atoms with E-state index in [0.29, 0.717) is 11.1 Å². The number of alkyl halides is 2. The van der Waals surface area contributed by atoms with E-state index < -0.39 is 18.4 Å². The number of halogens is 2. The zero-order valence-electron chi connectivity index (χ0n) is 12.0. The van der Waals surface area contributed by atoms with Crippen molar-refractivity contribution in [1.82, 2.24) is 10.6 Å². The first-order valence-electron chi connectivity index (χ1n) is 7.06. The zero-order chi connectivity index (χ0) is 15.8. The molecule has 2 N–H and O–H groups in total. The summed E-state index contributed by atoms with van der Waals surface area (Å²) in [6.45, 7) is -0.309. The van der Waals surface area contributed by atoms with Crippen molar-refractivity contribution in [2.24, 2.45) is 0 Å². The molecule has 116 valence electrons. The molecule has 2 unspecified atom stereocenters. The first-order valence-corrected chi connectivity index (χ1v) is 7.06. The molecule has 0 saturated carbocycles. The average molecular weight is 304 g/mol. The summed E-state index contributed by atoms with van der Waals surface area (Å²) in [5.41, 5.74) is 0.992. The number of nitrogens with one attached hydrogen (secondary N) is 2. The van der Waals surface area contributed by atoms with Gasteiger partial charge in [0.1, 0.15) is 12.3 Å². The Kier molecular flexibility index (Phi) is 5.89. The molecule has 3 nitrogen and oxygen atoms in total. The van der Waals surface area contributed by atoms with Crippen LogP contribution in [0.5, 0.6) is 0 Å². The fraction of sp³-hybridized carbons (Fsp3) is 0.235. The molecule has 0 heterocycles. The molecule has 2 aromatic rings. The van der Waals surface area contributed by atoms with Crippen molar-refractivity contribution in [3.05, 3.63) is 71.8 Å². The number of carbonyl (C=O) groups is 1. The summed E-state index contributed by atoms with van der Waals surface area (Å²) in [4.78, 5) is 11.6. The number of hydrogen-bond acceptors (Lipinski definition) is 1. The Labute approximate surface area is 128 Å². The molecule has 0 aromatic heterocycles. The Balaban J connectivity index is 1.72. The molecular weight excluding hydrogens is 286 g/mol. The Morgan fingerprint density at radius 2 is 1.14 bits per heavy atom. The van der Waals surface area contributed by atoms with E-state index in [1.54, 1.807) is 60.7 Å². The van der Waals surface area contributed by atoms with Crippen LogP contribution in [0.15, 0.2) is 60.7 Å². The fourth-order valence-corrected chi connectivity index (χ4v) is 1.99. The van der Waals surface area contributed by atoms with Gasteiger partial charge in [0.25, 0.3) is 0 Å². The molecule has 2 rings (SSSR count). The Bertz CT molecular complexity index is 526. The van der Waals surface area contributed by atoms with Gasteiger partial charge in [-0.05, 0) is 11.1 Å². The van der Waals surface area contributed by atoms with Crippen LogP contribution in [-0.2, 0) is 0 Å². The minimum Gasteiger partial charge on any atom is -0.335 e. The number of amides is 2. The average Bonchev–Trinajstić information content (AvgIpc) is 2.59. The molecule has 0 aliphatic rings. The Morgan fingerprint density at radius 3 is 1.50 bits per heavy atom. The standard InChI is InChI=1S/C17H18F2N2O/c18-15(13-7-3-1-4-8-13)11-20-17(22)21-12-16(19)14-9-5-2-6-10-14/h1-10,15-16H,11-12H2,(H2,20,21,22). The van der Waals surface area contributed by atoms with E-state index in [2.05, 4.69) is 10.6 Å². The van der Waals surface area contributed by atoms with Crippen LogP contribution in [0, 0.1) is 0 Å². The first-order chi connectivity index (χ1) is 10.7. The zero-order valence-corrected chi connectivity index (χ0v) is 12.0. The van der Waals surface area contributed by atoms with Gasteiger partial charge in [0.2, 0.25) is 0 Å². The lowest BCUT2D eigenvalue weighted by molar-refractivity contribution is 0.229. The van der Waals surface area contributed by atoms with Crippen LogP contribution in [0.25, 0.3) is 0 Å². The molecular formula is C17H18F2N2O. The second-order valence-electron chi connectivity index (χ2n) is 4.85. The minimum atomic E-state index is -1.29. The second kappa shape index (κ2) is 8.12. The monoisotopic (exact) mass is 304 g/mol. The lowest BCUT2D eigenvalue weighted by atomic mass is 10.1. The van der Waals surface area contributed by atoms with Crippen molar-refractivity contribution >= 4 is 6.03 Å². The van der Waals surface area contributed by atoms with Crippen molar-refractivity contribution in [1.29, 1.82) is 0 Å². The second-order valence-corrected chi connectivity index (χ2v) is 4.85. The molecule has 2 atom stereocenters. The molecule has 0 bridgehead atoms. The maximum absolute atomic E-state index is 13.8. The third-order valence-electron chi connectivity index (χ3n) is 3.21. The largest absolute Gasteiger partial charge is 0.335 e. The van der Waals surface area contributed by atoms with E-state index in [1.165, 1.54) is 0 Å². The summed E-state index contributed by atoms with van der Waals surface area (Å²) in [6.07, 6.45) is -2.58. The molecule has 0 radical (unpaired) electrons. The van der Waals surface area contributed by atoms with Crippen molar-refractivity contribution < 1.29 is 13.6 Å². The summed E-state index contributed by atoms with van der Waals surface area (Å²) >= 11 is 0. The lowest BCUT2D eigenvalue weighted by Gasteiger charge is -2.13. The van der Waals surface area contributed by atoms with Crippen LogP contribution in [0.1, 0.15) is 23.5 Å². The van der Waals surface area contributed by atoms with Gasteiger partial charge in [-0.25, -0.2) is 13.6 Å². The van der Waals surface area contributed by atoms with Crippen LogP contribution in [0.3, 0.4) is 0 Å². The third-order valence-corrected chi connectivity index (χ3v) is 3.21. The summed E-state index contributed by atoms with van der Waals surface area (Å²) in [6, 6.07) is 16.5. The van der Waals surface area contributed by atoms with Gasteiger partial charge in [-0.3, -0.25) is 0 Å². The Hall–Kier alpha value is -2.43. The molecule has 0 fully saturated rings. The maximum atomic E-state index is 13.8. The van der Waals surface area contributed by atoms with Gasteiger partial charge in [-0.1, -0.05) is 60.7 Å². The first kappa shape index (κ1) is 15.9. The number of urea groups is 1. The van der Waals surface area contributed by atoms with Crippen molar-refractivity contribution in [2.75, 3.05) is 13.1 Å². The number of carbonyl (C=O) groups excluding carboxylic acids is 1. The summed E-state index contributed by atoms with van der Waals surface area (Å²) in [5.74, 6) is 0. The topological polar surface area (TPSA) is 41.1 Å². The molecule has 0 spiro atoms. The molecule has 22 heavy (non-hydrogen) atoms. The van der Waals surface area contributed by atoms with Gasteiger partial charge in [0.05, 0.1) is 13.1 Å². The number of hydrogen-bond donors (Lipinski definition) is 2.